The molecule has 21 heavy (non-hydrogen) atoms. The van der Waals surface area contributed by atoms with Crippen molar-refractivity contribution in [2.24, 2.45) is 0 Å². The largest absolute Gasteiger partial charge is 0.497 e. The molecule has 0 aliphatic rings. The topological polar surface area (TPSA) is 17.4 Å². The summed E-state index contributed by atoms with van der Waals surface area (Å²) in [6.07, 6.45) is 2.03. The van der Waals surface area contributed by atoms with E-state index in [0.717, 1.165) is 23.2 Å². The van der Waals surface area contributed by atoms with Gasteiger partial charge in [-0.25, -0.2) is 0 Å². The van der Waals surface area contributed by atoms with Crippen LogP contribution in [0.3, 0.4) is 0 Å². The number of fused-ring (bicyclic) bond motifs is 1. The van der Waals surface area contributed by atoms with Crippen molar-refractivity contribution in [2.75, 3.05) is 27.7 Å². The number of ether oxygens (including phenoxy) is 1. The van der Waals surface area contributed by atoms with Gasteiger partial charge in [0.2, 0.25) is 0 Å². The van der Waals surface area contributed by atoms with Crippen LogP contribution in [0.1, 0.15) is 33.6 Å². The SMILES string of the molecule is CC.CC.[B]C(CN(C)C)n1ccc2cc(OC)ccc21. The Kier molecular flexibility index (Phi) is 9.64. The van der Waals surface area contributed by atoms with Crippen molar-refractivity contribution in [1.29, 1.82) is 0 Å². The lowest BCUT2D eigenvalue weighted by atomic mass is 9.95. The fourth-order valence-corrected chi connectivity index (χ4v) is 2.02. The first-order valence-electron chi connectivity index (χ1n) is 7.66. The zero-order valence-corrected chi connectivity index (χ0v) is 14.6. The van der Waals surface area contributed by atoms with Crippen LogP contribution in [-0.2, 0) is 0 Å². The molecule has 1 unspecified atom stereocenters. The van der Waals surface area contributed by atoms with Gasteiger partial charge in [-0.05, 0) is 38.4 Å². The van der Waals surface area contributed by atoms with Crippen molar-refractivity contribution in [2.45, 2.75) is 33.6 Å². The van der Waals surface area contributed by atoms with Crippen molar-refractivity contribution < 1.29 is 4.74 Å². The van der Waals surface area contributed by atoms with E-state index in [1.165, 1.54) is 0 Å². The third-order valence-corrected chi connectivity index (χ3v) is 2.84. The predicted molar refractivity (Wildman–Crippen MR) is 94.5 cm³/mol. The molecular formula is C17H29BN2O. The van der Waals surface area contributed by atoms with Crippen molar-refractivity contribution in [1.82, 2.24) is 9.47 Å². The molecule has 0 amide bonds. The van der Waals surface area contributed by atoms with Gasteiger partial charge < -0.3 is 14.2 Å². The molecule has 0 aliphatic heterocycles. The third kappa shape index (κ3) is 5.46. The lowest BCUT2D eigenvalue weighted by Crippen LogP contribution is -2.24. The molecule has 2 radical (unpaired) electrons. The van der Waals surface area contributed by atoms with Gasteiger partial charge in [0.25, 0.3) is 0 Å². The summed E-state index contributed by atoms with van der Waals surface area (Å²) in [6, 6.07) is 8.09. The fourth-order valence-electron chi connectivity index (χ4n) is 2.02. The normalized spacial score (nSPS) is 11.2. The summed E-state index contributed by atoms with van der Waals surface area (Å²) < 4.78 is 7.30. The molecule has 1 aromatic carbocycles. The Hall–Kier alpha value is -1.42. The van der Waals surface area contributed by atoms with Crippen LogP contribution in [0.4, 0.5) is 0 Å². The van der Waals surface area contributed by atoms with E-state index >= 15 is 0 Å². The Labute approximate surface area is 131 Å². The summed E-state index contributed by atoms with van der Waals surface area (Å²) in [4.78, 5) is 2.08. The van der Waals surface area contributed by atoms with E-state index in [2.05, 4.69) is 15.5 Å². The number of rotatable bonds is 4. The quantitative estimate of drug-likeness (QED) is 0.793. The van der Waals surface area contributed by atoms with Gasteiger partial charge in [0, 0.05) is 29.6 Å². The summed E-state index contributed by atoms with van der Waals surface area (Å²) >= 11 is 0. The second-order valence-corrected chi connectivity index (χ2v) is 4.48. The summed E-state index contributed by atoms with van der Waals surface area (Å²) in [7, 11) is 11.9. The minimum absolute atomic E-state index is 0.0316. The fraction of sp³-hybridized carbons (Fsp3) is 0.529. The van der Waals surface area contributed by atoms with E-state index < -0.39 is 0 Å². The minimum Gasteiger partial charge on any atom is -0.497 e. The molecule has 0 aliphatic carbocycles. The van der Waals surface area contributed by atoms with Gasteiger partial charge in [0.05, 0.1) is 7.11 Å². The van der Waals surface area contributed by atoms with E-state index in [1.54, 1.807) is 7.11 Å². The number of methoxy groups -OCH3 is 1. The number of nitrogens with zero attached hydrogens (tertiary/aromatic N) is 2. The molecule has 3 nitrogen and oxygen atoms in total. The predicted octanol–water partition coefficient (Wildman–Crippen LogP) is 3.93. The number of hydrogen-bond acceptors (Lipinski definition) is 2. The van der Waals surface area contributed by atoms with Gasteiger partial charge in [-0.2, -0.15) is 0 Å². The van der Waals surface area contributed by atoms with Crippen molar-refractivity contribution in [3.63, 3.8) is 0 Å². The van der Waals surface area contributed by atoms with E-state index in [9.17, 15) is 0 Å². The Morgan fingerprint density at radius 1 is 1.14 bits per heavy atom. The molecule has 0 N–H and O–H groups in total. The number of aromatic nitrogens is 1. The summed E-state index contributed by atoms with van der Waals surface area (Å²) in [6.45, 7) is 8.82. The minimum atomic E-state index is -0.0316. The first-order chi connectivity index (χ1) is 10.1. The van der Waals surface area contributed by atoms with E-state index in [-0.39, 0.29) is 5.94 Å². The molecule has 1 heterocycles. The first kappa shape index (κ1) is 19.6. The Morgan fingerprint density at radius 2 is 1.76 bits per heavy atom. The maximum absolute atomic E-state index is 6.17. The summed E-state index contributed by atoms with van der Waals surface area (Å²) in [5.74, 6) is 0.840. The highest BCUT2D eigenvalue weighted by molar-refractivity contribution is 6.11. The Bertz CT molecular complexity index is 508. The van der Waals surface area contributed by atoms with Crippen LogP contribution in [0, 0.1) is 0 Å². The molecular weight excluding hydrogens is 259 g/mol. The first-order valence-corrected chi connectivity index (χ1v) is 7.66. The van der Waals surface area contributed by atoms with Crippen LogP contribution in [0.5, 0.6) is 5.75 Å². The lowest BCUT2D eigenvalue weighted by Gasteiger charge is -2.20. The third-order valence-electron chi connectivity index (χ3n) is 2.84. The van der Waals surface area contributed by atoms with Gasteiger partial charge in [0.1, 0.15) is 13.6 Å². The highest BCUT2D eigenvalue weighted by Crippen LogP contribution is 2.23. The summed E-state index contributed by atoms with van der Waals surface area (Å²) in [5.41, 5.74) is 1.14. The maximum Gasteiger partial charge on any atom is 0.119 e. The molecule has 4 heteroatoms. The molecule has 2 rings (SSSR count). The van der Waals surface area contributed by atoms with E-state index in [0.29, 0.717) is 0 Å². The monoisotopic (exact) mass is 288 g/mol. The summed E-state index contributed by atoms with van der Waals surface area (Å²) in [5, 5.41) is 1.15. The van der Waals surface area contributed by atoms with Crippen LogP contribution in [0.15, 0.2) is 30.5 Å². The lowest BCUT2D eigenvalue weighted by molar-refractivity contribution is 0.377. The molecule has 1 aromatic heterocycles. The number of benzene rings is 1. The van der Waals surface area contributed by atoms with Crippen molar-refractivity contribution >= 4 is 18.7 Å². The molecule has 116 valence electrons. The Morgan fingerprint density at radius 3 is 2.29 bits per heavy atom. The van der Waals surface area contributed by atoms with Gasteiger partial charge in [0.15, 0.2) is 0 Å². The maximum atomic E-state index is 6.17. The molecule has 0 bridgehead atoms. The molecule has 0 saturated heterocycles. The van der Waals surface area contributed by atoms with Crippen LogP contribution < -0.4 is 4.74 Å². The van der Waals surface area contributed by atoms with Crippen LogP contribution in [0.25, 0.3) is 10.9 Å². The average molecular weight is 288 g/mol. The molecule has 2 aromatic rings. The molecule has 0 fully saturated rings. The van der Waals surface area contributed by atoms with Crippen molar-refractivity contribution in [3.8, 4) is 5.75 Å². The highest BCUT2D eigenvalue weighted by Gasteiger charge is 2.09. The van der Waals surface area contributed by atoms with E-state index in [4.69, 9.17) is 12.6 Å². The second kappa shape index (κ2) is 10.3. The van der Waals surface area contributed by atoms with Crippen LogP contribution >= 0.6 is 0 Å². The van der Waals surface area contributed by atoms with Crippen molar-refractivity contribution in [3.05, 3.63) is 30.5 Å². The second-order valence-electron chi connectivity index (χ2n) is 4.48. The zero-order chi connectivity index (χ0) is 16.4. The van der Waals surface area contributed by atoms with Crippen LogP contribution in [0.2, 0.25) is 0 Å². The molecule has 0 spiro atoms. The number of hydrogen-bond donors (Lipinski definition) is 0. The number of likely N-dealkylation sites (N-methyl/N-ethyl adjacent to an activating group) is 1. The van der Waals surface area contributed by atoms with Gasteiger partial charge in [-0.15, -0.1) is 0 Å². The Balaban J connectivity index is 0.000000921. The molecule has 0 saturated carbocycles. The molecule has 1 atom stereocenters. The van der Waals surface area contributed by atoms with Gasteiger partial charge in [-0.3, -0.25) is 0 Å². The smallest absolute Gasteiger partial charge is 0.119 e. The van der Waals surface area contributed by atoms with E-state index in [1.807, 2.05) is 66.2 Å². The average Bonchev–Trinajstić information content (AvgIpc) is 2.93. The van der Waals surface area contributed by atoms with Gasteiger partial charge >= 0.3 is 0 Å². The van der Waals surface area contributed by atoms with Gasteiger partial charge in [-0.1, -0.05) is 27.7 Å². The highest BCUT2D eigenvalue weighted by atomic mass is 16.5. The standard InChI is InChI=1S/C13H17BN2O.2C2H6/c1-15(2)9-13(14)16-7-6-10-8-11(17-3)4-5-12(10)16;2*1-2/h4-8,13H,9H2,1-3H3;2*1-2H3. The van der Waals surface area contributed by atoms with Crippen LogP contribution in [-0.4, -0.2) is 45.1 Å². The zero-order valence-electron chi connectivity index (χ0n) is 14.6.